The Morgan fingerprint density at radius 1 is 1.11 bits per heavy atom. The average Bonchev–Trinajstić information content (AvgIpc) is 3.27. The molecular weight excluding hydrogens is 370 g/mol. The molecule has 4 aromatic rings. The Morgan fingerprint density at radius 2 is 1.89 bits per heavy atom. The van der Waals surface area contributed by atoms with Gasteiger partial charge in [-0.3, -0.25) is 4.79 Å². The van der Waals surface area contributed by atoms with Gasteiger partial charge in [0, 0.05) is 43.3 Å². The first-order valence-corrected chi connectivity index (χ1v) is 10.3. The lowest BCUT2D eigenvalue weighted by Crippen LogP contribution is -2.49. The van der Waals surface area contributed by atoms with Crippen molar-refractivity contribution < 1.29 is 4.79 Å². The second-order valence-corrected chi connectivity index (χ2v) is 8.25. The molecule has 0 aliphatic carbocycles. The van der Waals surface area contributed by atoms with Crippen molar-refractivity contribution in [2.24, 2.45) is 0 Å². The minimum atomic E-state index is 0.143. The lowest BCUT2D eigenvalue weighted by Gasteiger charge is -2.35. The highest BCUT2D eigenvalue weighted by Gasteiger charge is 2.26. The van der Waals surface area contributed by atoms with E-state index in [4.69, 9.17) is 0 Å². The molecule has 0 unspecified atom stereocenters. The van der Waals surface area contributed by atoms with Crippen LogP contribution >= 0.6 is 11.3 Å². The molecule has 0 spiro atoms. The number of carbonyl (C=O) groups excluding carboxylic acids is 1. The monoisotopic (exact) mass is 391 g/mol. The van der Waals surface area contributed by atoms with Crippen LogP contribution in [0.15, 0.2) is 42.7 Å². The third-order valence-electron chi connectivity index (χ3n) is 5.40. The Hall–Kier alpha value is -2.93. The molecule has 1 aromatic carbocycles. The Kier molecular flexibility index (Phi) is 4.05. The van der Waals surface area contributed by atoms with Gasteiger partial charge < -0.3 is 9.80 Å². The molecule has 7 heteroatoms. The zero-order chi connectivity index (χ0) is 19.3. The number of amides is 1. The van der Waals surface area contributed by atoms with E-state index in [2.05, 4.69) is 40.1 Å². The number of benzene rings is 1. The molecular formula is C21H21N5OS. The van der Waals surface area contributed by atoms with Gasteiger partial charge in [0.1, 0.15) is 5.52 Å². The molecule has 0 saturated carbocycles. The van der Waals surface area contributed by atoms with E-state index in [1.165, 1.54) is 10.1 Å². The average molecular weight is 392 g/mol. The summed E-state index contributed by atoms with van der Waals surface area (Å²) in [5, 5.41) is 5.65. The minimum Gasteiger partial charge on any atom is -0.351 e. The number of aryl methyl sites for hydroxylation is 2. The predicted molar refractivity (Wildman–Crippen MR) is 112 cm³/mol. The van der Waals surface area contributed by atoms with Gasteiger partial charge in [0.15, 0.2) is 5.82 Å². The molecule has 0 bridgehead atoms. The lowest BCUT2D eigenvalue weighted by molar-refractivity contribution is 0.0751. The third kappa shape index (κ3) is 2.74. The quantitative estimate of drug-likeness (QED) is 0.525. The highest BCUT2D eigenvalue weighted by molar-refractivity contribution is 7.21. The Morgan fingerprint density at radius 3 is 2.68 bits per heavy atom. The van der Waals surface area contributed by atoms with Crippen molar-refractivity contribution in [3.05, 3.63) is 58.9 Å². The topological polar surface area (TPSA) is 53.7 Å². The van der Waals surface area contributed by atoms with Crippen LogP contribution in [0.2, 0.25) is 0 Å². The van der Waals surface area contributed by atoms with E-state index >= 15 is 0 Å². The van der Waals surface area contributed by atoms with Crippen LogP contribution in [-0.4, -0.2) is 51.6 Å². The van der Waals surface area contributed by atoms with Crippen molar-refractivity contribution in [2.45, 2.75) is 13.8 Å². The van der Waals surface area contributed by atoms with Gasteiger partial charge >= 0.3 is 0 Å². The Bertz CT molecular complexity index is 1190. The summed E-state index contributed by atoms with van der Waals surface area (Å²) < 4.78 is 3.05. The highest BCUT2D eigenvalue weighted by Crippen LogP contribution is 2.32. The van der Waals surface area contributed by atoms with Gasteiger partial charge in [-0.2, -0.15) is 5.10 Å². The number of hydrogen-bond acceptors (Lipinski definition) is 5. The van der Waals surface area contributed by atoms with E-state index in [1.54, 1.807) is 17.5 Å². The second kappa shape index (κ2) is 6.60. The zero-order valence-corrected chi connectivity index (χ0v) is 16.7. The number of thiophene rings is 1. The summed E-state index contributed by atoms with van der Waals surface area (Å²) in [4.78, 5) is 22.8. The fourth-order valence-electron chi connectivity index (χ4n) is 3.92. The van der Waals surface area contributed by atoms with Gasteiger partial charge in [-0.1, -0.05) is 18.2 Å². The van der Waals surface area contributed by atoms with Gasteiger partial charge in [0.25, 0.3) is 5.91 Å². The van der Waals surface area contributed by atoms with Crippen LogP contribution in [0.25, 0.3) is 15.6 Å². The lowest BCUT2D eigenvalue weighted by atomic mass is 10.1. The maximum Gasteiger partial charge on any atom is 0.264 e. The van der Waals surface area contributed by atoms with Gasteiger partial charge in [0.2, 0.25) is 0 Å². The van der Waals surface area contributed by atoms with Gasteiger partial charge in [-0.25, -0.2) is 9.50 Å². The smallest absolute Gasteiger partial charge is 0.264 e. The first-order chi connectivity index (χ1) is 13.6. The zero-order valence-electron chi connectivity index (χ0n) is 15.9. The van der Waals surface area contributed by atoms with Crippen molar-refractivity contribution in [2.75, 3.05) is 31.1 Å². The van der Waals surface area contributed by atoms with E-state index in [0.717, 1.165) is 40.6 Å². The largest absolute Gasteiger partial charge is 0.351 e. The van der Waals surface area contributed by atoms with E-state index < -0.39 is 0 Å². The van der Waals surface area contributed by atoms with E-state index in [0.29, 0.717) is 13.1 Å². The normalized spacial score (nSPS) is 14.9. The van der Waals surface area contributed by atoms with Crippen LogP contribution in [0, 0.1) is 13.8 Å². The summed E-state index contributed by atoms with van der Waals surface area (Å²) in [7, 11) is 0. The SMILES string of the molecule is Cc1cc2c(N3CCN(C(=O)c4sc5ccccc5c4C)CC3)nccn2n1. The van der Waals surface area contributed by atoms with Crippen molar-refractivity contribution in [3.8, 4) is 0 Å². The number of aromatic nitrogens is 3. The van der Waals surface area contributed by atoms with Crippen LogP contribution in [0.5, 0.6) is 0 Å². The molecule has 0 radical (unpaired) electrons. The number of carbonyl (C=O) groups is 1. The van der Waals surface area contributed by atoms with Crippen molar-refractivity contribution in [1.29, 1.82) is 0 Å². The second-order valence-electron chi connectivity index (χ2n) is 7.20. The van der Waals surface area contributed by atoms with Gasteiger partial charge in [-0.05, 0) is 36.9 Å². The van der Waals surface area contributed by atoms with Crippen LogP contribution < -0.4 is 4.90 Å². The standard InChI is InChI=1S/C21H21N5OS/c1-14-13-17-20(22-7-8-26(17)23-14)24-9-11-25(12-10-24)21(27)19-15(2)16-5-3-4-6-18(16)28-19/h3-8,13H,9-12H2,1-2H3. The molecule has 1 aliphatic rings. The van der Waals surface area contributed by atoms with Crippen molar-refractivity contribution >= 4 is 38.7 Å². The Labute approximate surface area is 167 Å². The summed E-state index contributed by atoms with van der Waals surface area (Å²) in [5.74, 6) is 1.08. The van der Waals surface area contributed by atoms with Crippen molar-refractivity contribution in [3.63, 3.8) is 0 Å². The fraction of sp³-hybridized carbons (Fsp3) is 0.286. The van der Waals surface area contributed by atoms with Crippen LogP contribution in [-0.2, 0) is 0 Å². The molecule has 0 N–H and O–H groups in total. The Balaban J connectivity index is 1.36. The molecule has 0 atom stereocenters. The summed E-state index contributed by atoms with van der Waals surface area (Å²) in [6, 6.07) is 10.3. The molecule has 1 fully saturated rings. The summed E-state index contributed by atoms with van der Waals surface area (Å²) >= 11 is 1.60. The maximum atomic E-state index is 13.1. The molecule has 28 heavy (non-hydrogen) atoms. The molecule has 6 nitrogen and oxygen atoms in total. The molecule has 1 aliphatic heterocycles. The number of rotatable bonds is 2. The van der Waals surface area contributed by atoms with E-state index in [-0.39, 0.29) is 5.91 Å². The van der Waals surface area contributed by atoms with Crippen LogP contribution in [0.1, 0.15) is 20.9 Å². The number of nitrogens with zero attached hydrogens (tertiary/aromatic N) is 5. The number of hydrogen-bond donors (Lipinski definition) is 0. The highest BCUT2D eigenvalue weighted by atomic mass is 32.1. The summed E-state index contributed by atoms with van der Waals surface area (Å²) in [6.07, 6.45) is 3.66. The molecule has 1 amide bonds. The van der Waals surface area contributed by atoms with Crippen molar-refractivity contribution in [1.82, 2.24) is 19.5 Å². The molecule has 4 heterocycles. The summed E-state index contributed by atoms with van der Waals surface area (Å²) in [6.45, 7) is 6.97. The summed E-state index contributed by atoms with van der Waals surface area (Å²) in [5.41, 5.74) is 3.08. The molecule has 5 rings (SSSR count). The minimum absolute atomic E-state index is 0.143. The first-order valence-electron chi connectivity index (χ1n) is 9.45. The first kappa shape index (κ1) is 17.2. The van der Waals surface area contributed by atoms with Gasteiger partial charge in [0.05, 0.1) is 10.6 Å². The molecule has 3 aromatic heterocycles. The predicted octanol–water partition coefficient (Wildman–Crippen LogP) is 3.52. The molecule has 142 valence electrons. The van der Waals surface area contributed by atoms with E-state index in [1.807, 2.05) is 34.7 Å². The number of piperazine rings is 1. The van der Waals surface area contributed by atoms with Crippen LogP contribution in [0.4, 0.5) is 5.82 Å². The van der Waals surface area contributed by atoms with Crippen LogP contribution in [0.3, 0.4) is 0 Å². The molecule has 1 saturated heterocycles. The van der Waals surface area contributed by atoms with E-state index in [9.17, 15) is 4.79 Å². The number of fused-ring (bicyclic) bond motifs is 2. The third-order valence-corrected chi connectivity index (χ3v) is 6.66. The van der Waals surface area contributed by atoms with Gasteiger partial charge in [-0.15, -0.1) is 11.3 Å². The number of anilines is 1. The fourth-order valence-corrected chi connectivity index (χ4v) is 5.09. The maximum absolute atomic E-state index is 13.1.